The number of nitrogens with zero attached hydrogens (tertiary/aromatic N) is 5. The van der Waals surface area contributed by atoms with Crippen LogP contribution in [0.4, 0.5) is 11.6 Å². The molecule has 1 aliphatic heterocycles. The minimum atomic E-state index is -0.634. The van der Waals surface area contributed by atoms with Crippen LogP contribution in [0.25, 0.3) is 11.1 Å². The summed E-state index contributed by atoms with van der Waals surface area (Å²) in [5.74, 6) is 1.09. The molecule has 26 heavy (non-hydrogen) atoms. The second-order valence-electron chi connectivity index (χ2n) is 7.01. The number of rotatable bonds is 2. The van der Waals surface area contributed by atoms with E-state index in [-0.39, 0.29) is 5.91 Å². The van der Waals surface area contributed by atoms with E-state index in [1.54, 1.807) is 23.5 Å². The largest absolute Gasteiger partial charge is 0.273 e. The van der Waals surface area contributed by atoms with Crippen molar-refractivity contribution in [3.8, 4) is 11.1 Å². The summed E-state index contributed by atoms with van der Waals surface area (Å²) in [4.78, 5) is 32.0. The fourth-order valence-corrected chi connectivity index (χ4v) is 3.21. The van der Waals surface area contributed by atoms with Crippen molar-refractivity contribution in [2.75, 3.05) is 4.90 Å². The number of aromatic nitrogens is 4. The molecular weight excluding hydrogens is 326 g/mol. The lowest BCUT2D eigenvalue weighted by Crippen LogP contribution is -2.34. The smallest absolute Gasteiger partial charge is 0.244 e. The van der Waals surface area contributed by atoms with E-state index in [4.69, 9.17) is 0 Å². The first-order valence-corrected chi connectivity index (χ1v) is 8.45. The summed E-state index contributed by atoms with van der Waals surface area (Å²) in [6.45, 7) is 7.60. The standard InChI is InChI=1S/C20H19N5O/c1-12-7-8-21-19(24-12)25-17-9-14(15-10-22-13(2)23-11-15)5-6-16(17)20(3,4)18(25)26/h5-11H,1-4H3. The predicted molar refractivity (Wildman–Crippen MR) is 99.1 cm³/mol. The molecule has 6 nitrogen and oxygen atoms in total. The van der Waals surface area contributed by atoms with Crippen LogP contribution in [0.3, 0.4) is 0 Å². The van der Waals surface area contributed by atoms with Crippen molar-refractivity contribution in [1.82, 2.24) is 19.9 Å². The molecule has 0 atom stereocenters. The van der Waals surface area contributed by atoms with Crippen molar-refractivity contribution in [2.45, 2.75) is 33.1 Å². The van der Waals surface area contributed by atoms with Gasteiger partial charge in [0.1, 0.15) is 5.82 Å². The van der Waals surface area contributed by atoms with Crippen molar-refractivity contribution in [3.63, 3.8) is 0 Å². The second kappa shape index (κ2) is 5.69. The molecule has 4 rings (SSSR count). The first kappa shape index (κ1) is 16.3. The van der Waals surface area contributed by atoms with Crippen LogP contribution in [0.5, 0.6) is 0 Å². The Bertz CT molecular complexity index is 1010. The fourth-order valence-electron chi connectivity index (χ4n) is 3.21. The summed E-state index contributed by atoms with van der Waals surface area (Å²) in [5, 5.41) is 0. The van der Waals surface area contributed by atoms with E-state index < -0.39 is 5.41 Å². The van der Waals surface area contributed by atoms with E-state index in [9.17, 15) is 4.79 Å². The Balaban J connectivity index is 1.89. The van der Waals surface area contributed by atoms with Gasteiger partial charge in [0.2, 0.25) is 11.9 Å². The van der Waals surface area contributed by atoms with Crippen molar-refractivity contribution in [1.29, 1.82) is 0 Å². The van der Waals surface area contributed by atoms with Crippen molar-refractivity contribution in [3.05, 3.63) is 59.9 Å². The number of hydrogen-bond acceptors (Lipinski definition) is 5. The van der Waals surface area contributed by atoms with E-state index in [0.717, 1.165) is 33.9 Å². The Morgan fingerprint density at radius 2 is 1.69 bits per heavy atom. The highest BCUT2D eigenvalue weighted by molar-refractivity contribution is 6.11. The third-order valence-electron chi connectivity index (χ3n) is 4.75. The molecule has 0 saturated heterocycles. The van der Waals surface area contributed by atoms with E-state index in [1.165, 1.54) is 0 Å². The number of fused-ring (bicyclic) bond motifs is 1. The Hall–Kier alpha value is -3.15. The quantitative estimate of drug-likeness (QED) is 0.711. The Labute approximate surface area is 152 Å². The molecule has 1 aliphatic rings. The molecule has 0 bridgehead atoms. The van der Waals surface area contributed by atoms with Gasteiger partial charge in [-0.1, -0.05) is 12.1 Å². The molecule has 3 aromatic rings. The predicted octanol–water partition coefficient (Wildman–Crippen LogP) is 3.51. The van der Waals surface area contributed by atoms with Gasteiger partial charge in [-0.15, -0.1) is 0 Å². The SMILES string of the molecule is Cc1ccnc(N2C(=O)C(C)(C)c3ccc(-c4cnc(C)nc4)cc32)n1. The second-order valence-corrected chi connectivity index (χ2v) is 7.01. The molecule has 0 saturated carbocycles. The van der Waals surface area contributed by atoms with E-state index in [0.29, 0.717) is 5.95 Å². The third-order valence-corrected chi connectivity index (χ3v) is 4.75. The summed E-state index contributed by atoms with van der Waals surface area (Å²) < 4.78 is 0. The lowest BCUT2D eigenvalue weighted by Gasteiger charge is -2.18. The van der Waals surface area contributed by atoms with E-state index in [1.807, 2.05) is 52.0 Å². The van der Waals surface area contributed by atoms with Gasteiger partial charge in [-0.25, -0.2) is 24.8 Å². The van der Waals surface area contributed by atoms with Gasteiger partial charge in [0.25, 0.3) is 0 Å². The zero-order valence-corrected chi connectivity index (χ0v) is 15.2. The van der Waals surface area contributed by atoms with Crippen LogP contribution < -0.4 is 4.90 Å². The van der Waals surface area contributed by atoms with Crippen molar-refractivity contribution >= 4 is 17.5 Å². The van der Waals surface area contributed by atoms with Crippen LogP contribution in [0.1, 0.15) is 30.9 Å². The van der Waals surface area contributed by atoms with E-state index >= 15 is 0 Å². The number of anilines is 2. The minimum absolute atomic E-state index is 0.0320. The highest BCUT2D eigenvalue weighted by Crippen LogP contribution is 2.45. The number of hydrogen-bond donors (Lipinski definition) is 0. The molecule has 0 aliphatic carbocycles. The van der Waals surface area contributed by atoms with E-state index in [2.05, 4.69) is 19.9 Å². The Morgan fingerprint density at radius 3 is 2.38 bits per heavy atom. The average molecular weight is 345 g/mol. The number of carbonyl (C=O) groups is 1. The lowest BCUT2D eigenvalue weighted by molar-refractivity contribution is -0.121. The Morgan fingerprint density at radius 1 is 0.962 bits per heavy atom. The molecule has 0 N–H and O–H groups in total. The molecule has 0 unspecified atom stereocenters. The van der Waals surface area contributed by atoms with Gasteiger partial charge in [-0.3, -0.25) is 4.79 Å². The number of aryl methyl sites for hydroxylation is 2. The van der Waals surface area contributed by atoms with Crippen LogP contribution in [-0.4, -0.2) is 25.8 Å². The van der Waals surface area contributed by atoms with Gasteiger partial charge in [-0.2, -0.15) is 0 Å². The zero-order valence-electron chi connectivity index (χ0n) is 15.2. The van der Waals surface area contributed by atoms with Crippen molar-refractivity contribution < 1.29 is 4.79 Å². The number of amides is 1. The molecule has 6 heteroatoms. The Kier molecular flexibility index (Phi) is 3.57. The van der Waals surface area contributed by atoms with Gasteiger partial charge in [0.05, 0.1) is 11.1 Å². The van der Waals surface area contributed by atoms with Gasteiger partial charge < -0.3 is 0 Å². The molecule has 3 heterocycles. The maximum absolute atomic E-state index is 13.1. The van der Waals surface area contributed by atoms with Gasteiger partial charge >= 0.3 is 0 Å². The summed E-state index contributed by atoms with van der Waals surface area (Å²) in [5.41, 5.74) is 3.81. The van der Waals surface area contributed by atoms with Crippen LogP contribution >= 0.6 is 0 Å². The molecule has 1 amide bonds. The molecule has 0 radical (unpaired) electrons. The monoisotopic (exact) mass is 345 g/mol. The normalized spacial score (nSPS) is 15.2. The third kappa shape index (κ3) is 2.45. The molecule has 130 valence electrons. The molecule has 1 aromatic carbocycles. The van der Waals surface area contributed by atoms with Gasteiger partial charge in [0, 0.05) is 29.8 Å². The van der Waals surface area contributed by atoms with Gasteiger partial charge in [-0.05, 0) is 51.0 Å². The highest BCUT2D eigenvalue weighted by atomic mass is 16.2. The molecular formula is C20H19N5O. The van der Waals surface area contributed by atoms with Crippen LogP contribution in [0.2, 0.25) is 0 Å². The summed E-state index contributed by atoms with van der Waals surface area (Å²) in [7, 11) is 0. The molecule has 0 fully saturated rings. The fraction of sp³-hybridized carbons (Fsp3) is 0.250. The summed E-state index contributed by atoms with van der Waals surface area (Å²) in [6.07, 6.45) is 5.26. The van der Waals surface area contributed by atoms with Crippen LogP contribution in [-0.2, 0) is 10.2 Å². The zero-order chi connectivity index (χ0) is 18.5. The minimum Gasteiger partial charge on any atom is -0.273 e. The van der Waals surface area contributed by atoms with Crippen molar-refractivity contribution in [2.24, 2.45) is 0 Å². The maximum atomic E-state index is 13.1. The molecule has 2 aromatic heterocycles. The molecule has 0 spiro atoms. The number of benzene rings is 1. The highest BCUT2D eigenvalue weighted by Gasteiger charge is 2.45. The van der Waals surface area contributed by atoms with Gasteiger partial charge in [0.15, 0.2) is 0 Å². The first-order chi connectivity index (χ1) is 12.4. The maximum Gasteiger partial charge on any atom is 0.244 e. The van der Waals surface area contributed by atoms with Crippen LogP contribution in [0.15, 0.2) is 42.9 Å². The topological polar surface area (TPSA) is 71.9 Å². The van der Waals surface area contributed by atoms with Crippen LogP contribution in [0, 0.1) is 13.8 Å². The lowest BCUT2D eigenvalue weighted by atomic mass is 9.85. The summed E-state index contributed by atoms with van der Waals surface area (Å²) in [6, 6.07) is 7.80. The first-order valence-electron chi connectivity index (χ1n) is 8.45. The average Bonchev–Trinajstić information content (AvgIpc) is 2.81. The number of carbonyl (C=O) groups excluding carboxylic acids is 1. The summed E-state index contributed by atoms with van der Waals surface area (Å²) >= 11 is 0.